The molecular formula is C20H25NO2. The Morgan fingerprint density at radius 1 is 1.09 bits per heavy atom. The molecule has 0 aliphatic carbocycles. The Bertz CT molecular complexity index is 637. The molecule has 0 heterocycles. The summed E-state index contributed by atoms with van der Waals surface area (Å²) in [6.07, 6.45) is 1.40. The molecule has 2 rings (SSSR count). The second kappa shape index (κ2) is 8.37. The van der Waals surface area contributed by atoms with E-state index in [1.165, 1.54) is 11.1 Å². The number of benzene rings is 2. The van der Waals surface area contributed by atoms with Crippen LogP contribution in [0.4, 0.5) is 0 Å². The Labute approximate surface area is 138 Å². The first-order chi connectivity index (χ1) is 11.1. The van der Waals surface area contributed by atoms with Crippen LogP contribution in [0.25, 0.3) is 0 Å². The maximum absolute atomic E-state index is 12.1. The Morgan fingerprint density at radius 3 is 2.52 bits per heavy atom. The first-order valence-corrected chi connectivity index (χ1v) is 8.12. The van der Waals surface area contributed by atoms with Gasteiger partial charge in [-0.2, -0.15) is 0 Å². The Kier molecular flexibility index (Phi) is 6.21. The predicted molar refractivity (Wildman–Crippen MR) is 93.8 cm³/mol. The van der Waals surface area contributed by atoms with E-state index >= 15 is 0 Å². The molecule has 0 saturated heterocycles. The summed E-state index contributed by atoms with van der Waals surface area (Å²) < 4.78 is 5.72. The fourth-order valence-corrected chi connectivity index (χ4v) is 2.34. The van der Waals surface area contributed by atoms with Crippen LogP contribution in [0.1, 0.15) is 30.0 Å². The van der Waals surface area contributed by atoms with E-state index in [2.05, 4.69) is 24.4 Å². The number of carbonyl (C=O) groups excluding carboxylic acids is 1. The number of rotatable bonds is 7. The van der Waals surface area contributed by atoms with E-state index in [0.717, 1.165) is 24.2 Å². The second-order valence-corrected chi connectivity index (χ2v) is 5.89. The van der Waals surface area contributed by atoms with Crippen LogP contribution >= 0.6 is 0 Å². The van der Waals surface area contributed by atoms with E-state index in [4.69, 9.17) is 4.74 Å². The van der Waals surface area contributed by atoms with Gasteiger partial charge >= 0.3 is 0 Å². The first-order valence-electron chi connectivity index (χ1n) is 8.12. The van der Waals surface area contributed by atoms with E-state index in [1.807, 2.05) is 43.3 Å². The van der Waals surface area contributed by atoms with Gasteiger partial charge in [0, 0.05) is 6.54 Å². The molecule has 0 aliphatic rings. The topological polar surface area (TPSA) is 38.3 Å². The Balaban J connectivity index is 1.73. The monoisotopic (exact) mass is 311 g/mol. The SMILES string of the molecule is Cc1ccc(OC(C)C(=O)NCCCc2ccccc2)cc1C. The molecule has 3 nitrogen and oxygen atoms in total. The van der Waals surface area contributed by atoms with E-state index in [9.17, 15) is 4.79 Å². The first kappa shape index (κ1) is 17.1. The van der Waals surface area contributed by atoms with Crippen LogP contribution in [0.15, 0.2) is 48.5 Å². The molecule has 1 amide bonds. The molecule has 23 heavy (non-hydrogen) atoms. The number of ether oxygens (including phenoxy) is 1. The van der Waals surface area contributed by atoms with Crippen LogP contribution < -0.4 is 10.1 Å². The average molecular weight is 311 g/mol. The van der Waals surface area contributed by atoms with Crippen molar-refractivity contribution < 1.29 is 9.53 Å². The van der Waals surface area contributed by atoms with Crippen molar-refractivity contribution in [3.05, 3.63) is 65.2 Å². The summed E-state index contributed by atoms with van der Waals surface area (Å²) in [6.45, 7) is 6.54. The molecule has 0 spiro atoms. The van der Waals surface area contributed by atoms with Gasteiger partial charge in [-0.15, -0.1) is 0 Å². The number of nitrogens with one attached hydrogen (secondary N) is 1. The molecule has 122 valence electrons. The lowest BCUT2D eigenvalue weighted by Gasteiger charge is -2.15. The highest BCUT2D eigenvalue weighted by Gasteiger charge is 2.14. The van der Waals surface area contributed by atoms with Gasteiger partial charge in [0.1, 0.15) is 5.75 Å². The molecule has 0 bridgehead atoms. The third-order valence-electron chi connectivity index (χ3n) is 3.94. The second-order valence-electron chi connectivity index (χ2n) is 5.89. The number of hydrogen-bond donors (Lipinski definition) is 1. The molecule has 1 atom stereocenters. The lowest BCUT2D eigenvalue weighted by molar-refractivity contribution is -0.127. The minimum atomic E-state index is -0.492. The fourth-order valence-electron chi connectivity index (χ4n) is 2.34. The predicted octanol–water partition coefficient (Wildman–Crippen LogP) is 3.82. The van der Waals surface area contributed by atoms with Crippen LogP contribution in [0, 0.1) is 13.8 Å². The number of carbonyl (C=O) groups is 1. The van der Waals surface area contributed by atoms with Gasteiger partial charge < -0.3 is 10.1 Å². The summed E-state index contributed by atoms with van der Waals surface area (Å²) in [7, 11) is 0. The highest BCUT2D eigenvalue weighted by Crippen LogP contribution is 2.17. The van der Waals surface area contributed by atoms with Crippen LogP contribution in [-0.4, -0.2) is 18.6 Å². The highest BCUT2D eigenvalue weighted by atomic mass is 16.5. The zero-order chi connectivity index (χ0) is 16.7. The van der Waals surface area contributed by atoms with Gasteiger partial charge in [0.25, 0.3) is 5.91 Å². The lowest BCUT2D eigenvalue weighted by atomic mass is 10.1. The van der Waals surface area contributed by atoms with E-state index in [1.54, 1.807) is 6.92 Å². The molecule has 0 fully saturated rings. The van der Waals surface area contributed by atoms with Gasteiger partial charge in [0.15, 0.2) is 6.10 Å². The summed E-state index contributed by atoms with van der Waals surface area (Å²) in [5.74, 6) is 0.663. The summed E-state index contributed by atoms with van der Waals surface area (Å²) >= 11 is 0. The minimum absolute atomic E-state index is 0.0729. The molecule has 1 unspecified atom stereocenters. The molecule has 0 aromatic heterocycles. The van der Waals surface area contributed by atoms with Crippen molar-refractivity contribution in [2.24, 2.45) is 0 Å². The standard InChI is InChI=1S/C20H25NO2/c1-15-11-12-19(14-16(15)2)23-17(3)20(22)21-13-7-10-18-8-5-4-6-9-18/h4-6,8-9,11-12,14,17H,7,10,13H2,1-3H3,(H,21,22). The summed E-state index contributed by atoms with van der Waals surface area (Å²) in [6, 6.07) is 16.2. The van der Waals surface area contributed by atoms with Gasteiger partial charge in [-0.1, -0.05) is 36.4 Å². The highest BCUT2D eigenvalue weighted by molar-refractivity contribution is 5.80. The van der Waals surface area contributed by atoms with Gasteiger partial charge in [-0.3, -0.25) is 4.79 Å². The molecule has 3 heteroatoms. The summed E-state index contributed by atoms with van der Waals surface area (Å²) in [5, 5.41) is 2.93. The molecule has 2 aromatic rings. The van der Waals surface area contributed by atoms with E-state index in [0.29, 0.717) is 6.54 Å². The van der Waals surface area contributed by atoms with Crippen molar-refractivity contribution in [3.8, 4) is 5.75 Å². The largest absolute Gasteiger partial charge is 0.481 e. The summed E-state index contributed by atoms with van der Waals surface area (Å²) in [5.41, 5.74) is 3.68. The maximum atomic E-state index is 12.1. The van der Waals surface area contributed by atoms with Crippen molar-refractivity contribution in [1.82, 2.24) is 5.32 Å². The minimum Gasteiger partial charge on any atom is -0.481 e. The molecule has 1 N–H and O–H groups in total. The van der Waals surface area contributed by atoms with Crippen molar-refractivity contribution in [1.29, 1.82) is 0 Å². The van der Waals surface area contributed by atoms with Crippen LogP contribution in [0.2, 0.25) is 0 Å². The number of aryl methyl sites for hydroxylation is 3. The zero-order valence-corrected chi connectivity index (χ0v) is 14.1. The quantitative estimate of drug-likeness (QED) is 0.789. The third-order valence-corrected chi connectivity index (χ3v) is 3.94. The van der Waals surface area contributed by atoms with E-state index in [-0.39, 0.29) is 5.91 Å². The summed E-state index contributed by atoms with van der Waals surface area (Å²) in [4.78, 5) is 12.1. The molecule has 2 aromatic carbocycles. The molecular weight excluding hydrogens is 286 g/mol. The molecule has 0 aliphatic heterocycles. The van der Waals surface area contributed by atoms with Gasteiger partial charge in [0.05, 0.1) is 0 Å². The van der Waals surface area contributed by atoms with Crippen molar-refractivity contribution in [3.63, 3.8) is 0 Å². The Hall–Kier alpha value is -2.29. The van der Waals surface area contributed by atoms with Gasteiger partial charge in [-0.25, -0.2) is 0 Å². The normalized spacial score (nSPS) is 11.8. The Morgan fingerprint density at radius 2 is 1.83 bits per heavy atom. The van der Waals surface area contributed by atoms with Gasteiger partial charge in [0.2, 0.25) is 0 Å². The molecule has 0 radical (unpaired) electrons. The van der Waals surface area contributed by atoms with Crippen LogP contribution in [-0.2, 0) is 11.2 Å². The van der Waals surface area contributed by atoms with Crippen LogP contribution in [0.3, 0.4) is 0 Å². The lowest BCUT2D eigenvalue weighted by Crippen LogP contribution is -2.36. The zero-order valence-electron chi connectivity index (χ0n) is 14.1. The third kappa shape index (κ3) is 5.44. The average Bonchev–Trinajstić information content (AvgIpc) is 2.55. The van der Waals surface area contributed by atoms with Crippen LogP contribution in [0.5, 0.6) is 5.75 Å². The van der Waals surface area contributed by atoms with Gasteiger partial charge in [-0.05, 0) is 62.4 Å². The number of amides is 1. The maximum Gasteiger partial charge on any atom is 0.260 e. The fraction of sp³-hybridized carbons (Fsp3) is 0.350. The number of hydrogen-bond acceptors (Lipinski definition) is 2. The molecule has 0 saturated carbocycles. The van der Waals surface area contributed by atoms with Crippen molar-refractivity contribution >= 4 is 5.91 Å². The van der Waals surface area contributed by atoms with Crippen molar-refractivity contribution in [2.45, 2.75) is 39.7 Å². The smallest absolute Gasteiger partial charge is 0.260 e. The van der Waals surface area contributed by atoms with Crippen molar-refractivity contribution in [2.75, 3.05) is 6.54 Å². The van der Waals surface area contributed by atoms with E-state index < -0.39 is 6.10 Å².